The van der Waals surface area contributed by atoms with E-state index < -0.39 is 0 Å². The van der Waals surface area contributed by atoms with Gasteiger partial charge in [-0.05, 0) is 25.7 Å². The molecule has 1 atom stereocenters. The van der Waals surface area contributed by atoms with E-state index in [0.717, 1.165) is 34.6 Å². The van der Waals surface area contributed by atoms with E-state index in [1.807, 2.05) is 35.7 Å². The highest BCUT2D eigenvalue weighted by atomic mass is 15.4. The molecule has 0 spiro atoms. The third kappa shape index (κ3) is 2.84. The second-order valence-corrected chi connectivity index (χ2v) is 8.12. The summed E-state index contributed by atoms with van der Waals surface area (Å²) in [7, 11) is 1.88. The third-order valence-electron chi connectivity index (χ3n) is 5.94. The van der Waals surface area contributed by atoms with Gasteiger partial charge in [-0.1, -0.05) is 5.21 Å². The minimum absolute atomic E-state index is 0.181. The quantitative estimate of drug-likeness (QED) is 0.461. The van der Waals surface area contributed by atoms with Gasteiger partial charge in [0.25, 0.3) is 0 Å². The summed E-state index contributed by atoms with van der Waals surface area (Å²) in [5, 5.41) is 19.6. The number of nitrogens with two attached hydrogens (primary N) is 1. The van der Waals surface area contributed by atoms with Gasteiger partial charge < -0.3 is 5.73 Å². The molecule has 0 aliphatic heterocycles. The number of aromatic nitrogens is 10. The second-order valence-electron chi connectivity index (χ2n) is 8.12. The lowest BCUT2D eigenvalue weighted by molar-refractivity contribution is 0.543. The number of nitrogens with zero attached hydrogens (tertiary/aromatic N) is 10. The van der Waals surface area contributed by atoms with Crippen LogP contribution in [0.3, 0.4) is 0 Å². The molecule has 2 N–H and O–H groups in total. The normalized spacial score (nSPS) is 15.2. The monoisotopic (exact) mass is 415 g/mol. The minimum atomic E-state index is -0.181. The van der Waals surface area contributed by atoms with Crippen molar-refractivity contribution in [2.75, 3.05) is 5.73 Å². The third-order valence-corrected chi connectivity index (χ3v) is 5.94. The van der Waals surface area contributed by atoms with E-state index in [-0.39, 0.29) is 6.04 Å². The Morgan fingerprint density at radius 1 is 1.19 bits per heavy atom. The Labute approximate surface area is 176 Å². The molecule has 1 fully saturated rings. The van der Waals surface area contributed by atoms with Crippen LogP contribution >= 0.6 is 0 Å². The highest BCUT2D eigenvalue weighted by molar-refractivity contribution is 6.04. The number of hydrogen-bond donors (Lipinski definition) is 1. The summed E-state index contributed by atoms with van der Waals surface area (Å²) < 4.78 is 5.54. The largest absolute Gasteiger partial charge is 0.383 e. The van der Waals surface area contributed by atoms with Crippen LogP contribution in [0.1, 0.15) is 31.5 Å². The van der Waals surface area contributed by atoms with E-state index in [9.17, 15) is 0 Å². The van der Waals surface area contributed by atoms with E-state index >= 15 is 0 Å². The molecule has 0 amide bonds. The van der Waals surface area contributed by atoms with E-state index in [2.05, 4.69) is 30.4 Å². The standard InChI is InChI=1S/C20H21N11/c1-11(15-9-30(28-26-15)8-12-3-4-12)31-20-17(19(21)23-10-24-20)18(27-31)14-5-22-7-16-13(14)6-25-29(16)2/h5-7,9-12H,3-4,8H2,1-2H3,(H2,21,23,24). The fraction of sp³-hybridized carbons (Fsp3) is 0.350. The van der Waals surface area contributed by atoms with Gasteiger partial charge in [0, 0.05) is 30.7 Å². The maximum absolute atomic E-state index is 6.28. The van der Waals surface area contributed by atoms with Gasteiger partial charge in [0.2, 0.25) is 0 Å². The predicted molar refractivity (Wildman–Crippen MR) is 114 cm³/mol. The molecular weight excluding hydrogens is 394 g/mol. The van der Waals surface area contributed by atoms with Crippen molar-refractivity contribution in [2.24, 2.45) is 13.0 Å². The Bertz CT molecular complexity index is 1420. The Hall–Kier alpha value is -3.89. The lowest BCUT2D eigenvalue weighted by Crippen LogP contribution is -2.10. The Kier molecular flexibility index (Phi) is 3.79. The topological polar surface area (TPSA) is 131 Å². The van der Waals surface area contributed by atoms with E-state index in [4.69, 9.17) is 10.8 Å². The molecule has 5 aromatic rings. The van der Waals surface area contributed by atoms with Gasteiger partial charge in [-0.15, -0.1) is 5.10 Å². The van der Waals surface area contributed by atoms with Gasteiger partial charge in [0.15, 0.2) is 5.65 Å². The van der Waals surface area contributed by atoms with Crippen molar-refractivity contribution in [1.82, 2.24) is 49.5 Å². The van der Waals surface area contributed by atoms with Crippen molar-refractivity contribution in [1.29, 1.82) is 0 Å². The zero-order valence-electron chi connectivity index (χ0n) is 17.2. The first-order valence-corrected chi connectivity index (χ1v) is 10.2. The maximum atomic E-state index is 6.28. The highest BCUT2D eigenvalue weighted by Gasteiger charge is 2.26. The molecule has 0 bridgehead atoms. The highest BCUT2D eigenvalue weighted by Crippen LogP contribution is 2.36. The molecule has 1 aliphatic carbocycles. The van der Waals surface area contributed by atoms with Crippen molar-refractivity contribution in [3.63, 3.8) is 0 Å². The Morgan fingerprint density at radius 3 is 2.90 bits per heavy atom. The van der Waals surface area contributed by atoms with Gasteiger partial charge in [0.05, 0.1) is 35.5 Å². The van der Waals surface area contributed by atoms with Crippen molar-refractivity contribution in [3.05, 3.63) is 36.8 Å². The first kappa shape index (κ1) is 17.9. The van der Waals surface area contributed by atoms with Crippen LogP contribution in [0.5, 0.6) is 0 Å². The first-order valence-electron chi connectivity index (χ1n) is 10.2. The van der Waals surface area contributed by atoms with Crippen LogP contribution in [0.25, 0.3) is 33.2 Å². The molecular formula is C20H21N11. The summed E-state index contributed by atoms with van der Waals surface area (Å²) in [4.78, 5) is 13.1. The molecule has 31 heavy (non-hydrogen) atoms. The van der Waals surface area contributed by atoms with Crippen molar-refractivity contribution in [3.8, 4) is 11.3 Å². The average molecular weight is 415 g/mol. The summed E-state index contributed by atoms with van der Waals surface area (Å²) in [6.07, 6.45) is 11.3. The van der Waals surface area contributed by atoms with Gasteiger partial charge in [-0.3, -0.25) is 14.3 Å². The van der Waals surface area contributed by atoms with Crippen LogP contribution in [-0.2, 0) is 13.6 Å². The Morgan fingerprint density at radius 2 is 2.06 bits per heavy atom. The lowest BCUT2D eigenvalue weighted by Gasteiger charge is -2.09. The minimum Gasteiger partial charge on any atom is -0.383 e. The summed E-state index contributed by atoms with van der Waals surface area (Å²) in [6.45, 7) is 2.94. The molecule has 0 saturated heterocycles. The molecule has 1 unspecified atom stereocenters. The number of anilines is 1. The molecule has 0 radical (unpaired) electrons. The predicted octanol–water partition coefficient (Wildman–Crippen LogP) is 1.97. The lowest BCUT2D eigenvalue weighted by atomic mass is 10.1. The number of fused-ring (bicyclic) bond motifs is 2. The van der Waals surface area contributed by atoms with Crippen LogP contribution < -0.4 is 5.73 Å². The molecule has 1 aliphatic rings. The fourth-order valence-electron chi connectivity index (χ4n) is 3.99. The number of nitrogen functional groups attached to an aromatic ring is 1. The van der Waals surface area contributed by atoms with Gasteiger partial charge in [0.1, 0.15) is 23.5 Å². The summed E-state index contributed by atoms with van der Waals surface area (Å²) in [5.41, 5.74) is 10.2. The zero-order chi connectivity index (χ0) is 21.1. The van der Waals surface area contributed by atoms with Gasteiger partial charge in [-0.25, -0.2) is 14.6 Å². The number of pyridine rings is 1. The molecule has 6 rings (SSSR count). The summed E-state index contributed by atoms with van der Waals surface area (Å²) in [5.74, 6) is 1.10. The van der Waals surface area contributed by atoms with Crippen molar-refractivity contribution in [2.45, 2.75) is 32.4 Å². The molecule has 0 aromatic carbocycles. The second kappa shape index (κ2) is 6.56. The van der Waals surface area contributed by atoms with Crippen LogP contribution in [0.2, 0.25) is 0 Å². The van der Waals surface area contributed by atoms with Crippen LogP contribution in [-0.4, -0.2) is 49.5 Å². The smallest absolute Gasteiger partial charge is 0.164 e. The van der Waals surface area contributed by atoms with Crippen molar-refractivity contribution >= 4 is 27.8 Å². The van der Waals surface area contributed by atoms with E-state index in [0.29, 0.717) is 22.5 Å². The number of aryl methyl sites for hydroxylation is 1. The van der Waals surface area contributed by atoms with E-state index in [1.165, 1.54) is 19.2 Å². The molecule has 11 nitrogen and oxygen atoms in total. The maximum Gasteiger partial charge on any atom is 0.164 e. The summed E-state index contributed by atoms with van der Waals surface area (Å²) >= 11 is 0. The molecule has 5 heterocycles. The van der Waals surface area contributed by atoms with Crippen LogP contribution in [0, 0.1) is 5.92 Å². The van der Waals surface area contributed by atoms with Gasteiger partial charge >= 0.3 is 0 Å². The van der Waals surface area contributed by atoms with E-state index in [1.54, 1.807) is 17.1 Å². The van der Waals surface area contributed by atoms with Crippen molar-refractivity contribution < 1.29 is 0 Å². The molecule has 156 valence electrons. The van der Waals surface area contributed by atoms with Gasteiger partial charge in [-0.2, -0.15) is 10.2 Å². The zero-order valence-corrected chi connectivity index (χ0v) is 17.2. The molecule has 11 heteroatoms. The SMILES string of the molecule is CC(c1cn(CC2CC2)nn1)n1nc(-c2cncc3c2cnn3C)c2c(N)ncnc21. The molecule has 1 saturated carbocycles. The Balaban J connectivity index is 1.51. The van der Waals surface area contributed by atoms with Crippen LogP contribution in [0.15, 0.2) is 31.1 Å². The number of rotatable bonds is 5. The first-order chi connectivity index (χ1) is 15.1. The number of hydrogen-bond acceptors (Lipinski definition) is 8. The summed E-state index contributed by atoms with van der Waals surface area (Å²) in [6, 6.07) is -0.181. The average Bonchev–Trinajstić information content (AvgIpc) is 3.16. The fourth-order valence-corrected chi connectivity index (χ4v) is 3.99. The van der Waals surface area contributed by atoms with Crippen LogP contribution in [0.4, 0.5) is 5.82 Å². The molecule has 5 aromatic heterocycles.